The predicted molar refractivity (Wildman–Crippen MR) is 192 cm³/mol. The summed E-state index contributed by atoms with van der Waals surface area (Å²) in [5.41, 5.74) is 11.0. The average Bonchev–Trinajstić information content (AvgIpc) is 3.80. The van der Waals surface area contributed by atoms with Crippen LogP contribution in [-0.4, -0.2) is 72.8 Å². The Bertz CT molecular complexity index is 1950. The summed E-state index contributed by atoms with van der Waals surface area (Å²) in [6.07, 6.45) is 10.4. The van der Waals surface area contributed by atoms with Crippen LogP contribution in [0.3, 0.4) is 0 Å². The van der Waals surface area contributed by atoms with E-state index in [1.165, 1.54) is 12.4 Å². The first-order chi connectivity index (χ1) is 23.3. The molecule has 16 heteroatoms. The molecule has 1 aliphatic heterocycles. The Morgan fingerprint density at radius 3 is 1.68 bits per heavy atom. The maximum absolute atomic E-state index is 14.9. The summed E-state index contributed by atoms with van der Waals surface area (Å²) in [6.45, 7) is 11.1. The standard InChI is InChI=1S/C20H28BFN4O3.C14H16BrFN4O/c1-18(2)19(3,4)29-21(28-18)12-9-14-16(25-15-7-6-8-20(15,5)22)13(17(23)27)10-24-26(14)11-12;1-14(16)4-2-3-11(14)19-12-9(13(17)21)6-18-20-7-8(15)5-10(12)20/h9-11,15,25H,6-8H2,1-5H3,(H2,23,27);5-7,11,19H,2-4H2,1H3,(H2,17,21)/t15-,20+;11-,14+/m11/s1. The summed E-state index contributed by atoms with van der Waals surface area (Å²) >= 11 is 3.38. The molecular formula is C34H44BBrF2N8O4. The number of carbonyl (C=O) groups excluding carboxylic acids is 2. The van der Waals surface area contributed by atoms with Crippen molar-refractivity contribution in [3.05, 3.63) is 52.5 Å². The monoisotopic (exact) mass is 756 g/mol. The lowest BCUT2D eigenvalue weighted by Crippen LogP contribution is -2.41. The Kier molecular flexibility index (Phi) is 9.22. The van der Waals surface area contributed by atoms with E-state index >= 15 is 0 Å². The molecule has 0 spiro atoms. The Hall–Kier alpha value is -3.76. The number of amides is 2. The Morgan fingerprint density at radius 1 is 0.820 bits per heavy atom. The molecule has 0 bridgehead atoms. The highest BCUT2D eigenvalue weighted by Crippen LogP contribution is 2.39. The zero-order valence-electron chi connectivity index (χ0n) is 29.1. The highest BCUT2D eigenvalue weighted by atomic mass is 79.9. The minimum Gasteiger partial charge on any atom is -0.399 e. The van der Waals surface area contributed by atoms with Gasteiger partial charge in [0.15, 0.2) is 0 Å². The number of hydrogen-bond donors (Lipinski definition) is 4. The predicted octanol–water partition coefficient (Wildman–Crippen LogP) is 5.31. The van der Waals surface area contributed by atoms with Gasteiger partial charge in [0.2, 0.25) is 0 Å². The molecule has 4 atom stereocenters. The largest absolute Gasteiger partial charge is 0.496 e. The molecule has 2 aliphatic carbocycles. The van der Waals surface area contributed by atoms with E-state index < -0.39 is 47.5 Å². The number of fused-ring (bicyclic) bond motifs is 2. The fourth-order valence-corrected chi connectivity index (χ4v) is 7.35. The van der Waals surface area contributed by atoms with Crippen LogP contribution in [0, 0.1) is 0 Å². The molecule has 7 rings (SSSR count). The number of primary amides is 2. The van der Waals surface area contributed by atoms with E-state index in [4.69, 9.17) is 20.8 Å². The molecule has 0 aromatic carbocycles. The second-order valence-electron chi connectivity index (χ2n) is 15.0. The summed E-state index contributed by atoms with van der Waals surface area (Å²) in [4.78, 5) is 23.7. The minimum atomic E-state index is -1.35. The van der Waals surface area contributed by atoms with Gasteiger partial charge in [-0.1, -0.05) is 0 Å². The summed E-state index contributed by atoms with van der Waals surface area (Å²) in [7, 11) is -0.565. The molecule has 0 radical (unpaired) electrons. The van der Waals surface area contributed by atoms with Gasteiger partial charge in [-0.3, -0.25) is 9.59 Å². The van der Waals surface area contributed by atoms with E-state index in [0.29, 0.717) is 41.7 Å². The molecule has 6 N–H and O–H groups in total. The smallest absolute Gasteiger partial charge is 0.399 e. The minimum absolute atomic E-state index is 0.235. The van der Waals surface area contributed by atoms with Crippen molar-refractivity contribution in [1.29, 1.82) is 0 Å². The molecular weight excluding hydrogens is 713 g/mol. The topological polar surface area (TPSA) is 163 Å². The van der Waals surface area contributed by atoms with Gasteiger partial charge in [-0.25, -0.2) is 17.8 Å². The number of alkyl halides is 2. The van der Waals surface area contributed by atoms with Gasteiger partial charge in [0, 0.05) is 22.3 Å². The highest BCUT2D eigenvalue weighted by molar-refractivity contribution is 9.10. The van der Waals surface area contributed by atoms with Crippen molar-refractivity contribution in [1.82, 2.24) is 19.2 Å². The molecule has 3 fully saturated rings. The van der Waals surface area contributed by atoms with Crippen LogP contribution >= 0.6 is 15.9 Å². The van der Waals surface area contributed by atoms with E-state index in [2.05, 4.69) is 36.8 Å². The van der Waals surface area contributed by atoms with E-state index in [9.17, 15) is 18.4 Å². The van der Waals surface area contributed by atoms with Crippen LogP contribution in [0.2, 0.25) is 0 Å². The van der Waals surface area contributed by atoms with Gasteiger partial charge in [-0.2, -0.15) is 10.2 Å². The van der Waals surface area contributed by atoms with Crippen molar-refractivity contribution >= 4 is 62.7 Å². The van der Waals surface area contributed by atoms with E-state index in [1.807, 2.05) is 39.8 Å². The van der Waals surface area contributed by atoms with Gasteiger partial charge >= 0.3 is 7.12 Å². The number of carbonyl (C=O) groups is 2. The first kappa shape index (κ1) is 36.0. The average molecular weight is 757 g/mol. The SMILES string of the molecule is CC1(C)OB(c2cc3c(N[C@@H]4CCC[C@]4(C)F)c(C(N)=O)cnn3c2)OC1(C)C.C[C@]1(F)CCC[C@H]1Nc1c(C(N)=O)cnn2cc(Br)cc12. The number of rotatable bonds is 7. The van der Waals surface area contributed by atoms with Crippen molar-refractivity contribution in [3.8, 4) is 0 Å². The van der Waals surface area contributed by atoms with Crippen LogP contribution in [0.5, 0.6) is 0 Å². The van der Waals surface area contributed by atoms with Crippen molar-refractivity contribution < 1.29 is 27.7 Å². The summed E-state index contributed by atoms with van der Waals surface area (Å²) in [5, 5.41) is 14.9. The Balaban J connectivity index is 0.000000182. The number of nitrogens with zero attached hydrogens (tertiary/aromatic N) is 4. The molecule has 1 saturated heterocycles. The number of anilines is 2. The maximum atomic E-state index is 14.9. The highest BCUT2D eigenvalue weighted by Gasteiger charge is 2.52. The Labute approximate surface area is 298 Å². The van der Waals surface area contributed by atoms with Gasteiger partial charge in [-0.15, -0.1) is 0 Å². The number of nitrogens with two attached hydrogens (primary N) is 2. The van der Waals surface area contributed by atoms with E-state index in [1.54, 1.807) is 35.3 Å². The lowest BCUT2D eigenvalue weighted by molar-refractivity contribution is 0.00578. The molecule has 3 aliphatic rings. The summed E-state index contributed by atoms with van der Waals surface area (Å²) in [6, 6.07) is 2.94. The van der Waals surface area contributed by atoms with Gasteiger partial charge in [0.1, 0.15) is 11.3 Å². The van der Waals surface area contributed by atoms with Gasteiger partial charge in [0.05, 0.1) is 69.2 Å². The lowest BCUT2D eigenvalue weighted by atomic mass is 9.81. The molecule has 4 aromatic rings. The molecule has 268 valence electrons. The van der Waals surface area contributed by atoms with Crippen LogP contribution in [0.25, 0.3) is 11.0 Å². The number of hydrogen-bond acceptors (Lipinski definition) is 8. The molecule has 4 aromatic heterocycles. The normalized spacial score (nSPS) is 27.0. The van der Waals surface area contributed by atoms with Crippen LogP contribution in [0.15, 0.2) is 41.4 Å². The molecule has 2 saturated carbocycles. The molecule has 12 nitrogen and oxygen atoms in total. The Morgan fingerprint density at radius 2 is 1.26 bits per heavy atom. The molecule has 50 heavy (non-hydrogen) atoms. The van der Waals surface area contributed by atoms with Crippen molar-refractivity contribution in [3.63, 3.8) is 0 Å². The number of nitrogens with one attached hydrogen (secondary N) is 2. The van der Waals surface area contributed by atoms with Crippen molar-refractivity contribution in [2.45, 2.75) is 115 Å². The second-order valence-corrected chi connectivity index (χ2v) is 15.9. The zero-order valence-corrected chi connectivity index (χ0v) is 30.7. The fraction of sp³-hybridized carbons (Fsp3) is 0.529. The molecule has 2 amide bonds. The second kappa shape index (κ2) is 12.8. The summed E-state index contributed by atoms with van der Waals surface area (Å²) in [5.74, 6) is -1.19. The molecule has 5 heterocycles. The third kappa shape index (κ3) is 6.69. The van der Waals surface area contributed by atoms with E-state index in [0.717, 1.165) is 29.2 Å². The third-order valence-electron chi connectivity index (χ3n) is 10.7. The summed E-state index contributed by atoms with van der Waals surface area (Å²) < 4.78 is 45.7. The van der Waals surface area contributed by atoms with Gasteiger partial charge < -0.3 is 31.4 Å². The fourth-order valence-electron chi connectivity index (χ4n) is 6.93. The first-order valence-electron chi connectivity index (χ1n) is 16.8. The maximum Gasteiger partial charge on any atom is 0.496 e. The van der Waals surface area contributed by atoms with E-state index in [-0.39, 0.29) is 17.2 Å². The first-order valence-corrected chi connectivity index (χ1v) is 17.6. The quantitative estimate of drug-likeness (QED) is 0.184. The molecule has 0 unspecified atom stereocenters. The third-order valence-corrected chi connectivity index (χ3v) is 11.2. The van der Waals surface area contributed by atoms with Crippen molar-refractivity contribution in [2.75, 3.05) is 10.6 Å². The van der Waals surface area contributed by atoms with Crippen LogP contribution in [0.4, 0.5) is 20.2 Å². The zero-order chi connectivity index (χ0) is 36.4. The van der Waals surface area contributed by atoms with Crippen LogP contribution in [0.1, 0.15) is 101 Å². The van der Waals surface area contributed by atoms with Crippen molar-refractivity contribution in [2.24, 2.45) is 11.5 Å². The number of aromatic nitrogens is 4. The van der Waals surface area contributed by atoms with Gasteiger partial charge in [-0.05, 0) is 108 Å². The van der Waals surface area contributed by atoms with Crippen LogP contribution < -0.4 is 27.6 Å². The lowest BCUT2D eigenvalue weighted by Gasteiger charge is -2.32. The van der Waals surface area contributed by atoms with Gasteiger partial charge in [0.25, 0.3) is 11.8 Å². The van der Waals surface area contributed by atoms with Crippen LogP contribution in [-0.2, 0) is 9.31 Å². The number of halogens is 3.